The van der Waals surface area contributed by atoms with Gasteiger partial charge in [0, 0.05) is 18.8 Å². The summed E-state index contributed by atoms with van der Waals surface area (Å²) in [5, 5.41) is 8.98. The summed E-state index contributed by atoms with van der Waals surface area (Å²) in [6.07, 6.45) is -1.53. The highest BCUT2D eigenvalue weighted by Gasteiger charge is 2.35. The van der Waals surface area contributed by atoms with Crippen LogP contribution in [0, 0.1) is 0 Å². The van der Waals surface area contributed by atoms with E-state index in [1.165, 1.54) is 6.07 Å². The molecule has 1 aromatic carbocycles. The predicted molar refractivity (Wildman–Crippen MR) is 71.5 cm³/mol. The maximum Gasteiger partial charge on any atom is 0.418 e. The number of benzene rings is 1. The number of rotatable bonds is 3. The number of hydrogen-bond donors (Lipinski definition) is 2. The summed E-state index contributed by atoms with van der Waals surface area (Å²) in [4.78, 5) is 1.78. The molecular weight excluding hydrogens is 269 g/mol. The molecule has 3 nitrogen and oxygen atoms in total. The third-order valence-electron chi connectivity index (χ3n) is 3.65. The molecule has 1 aliphatic rings. The number of anilines is 1. The van der Waals surface area contributed by atoms with Crippen LogP contribution >= 0.6 is 0 Å². The van der Waals surface area contributed by atoms with Crippen LogP contribution in [0.25, 0.3) is 0 Å². The molecule has 0 aliphatic carbocycles. The van der Waals surface area contributed by atoms with Gasteiger partial charge in [-0.2, -0.15) is 13.2 Å². The van der Waals surface area contributed by atoms with Crippen molar-refractivity contribution in [1.82, 2.24) is 0 Å². The fraction of sp³-hybridized carbons (Fsp3) is 0.571. The molecule has 0 radical (unpaired) electrons. The fourth-order valence-electron chi connectivity index (χ4n) is 2.53. The highest BCUT2D eigenvalue weighted by atomic mass is 19.4. The topological polar surface area (TPSA) is 49.5 Å². The van der Waals surface area contributed by atoms with E-state index in [1.54, 1.807) is 11.0 Å². The first-order valence-electron chi connectivity index (χ1n) is 6.76. The average Bonchev–Trinajstić information content (AvgIpc) is 2.46. The predicted octanol–water partition coefficient (Wildman–Crippen LogP) is 2.69. The smallest absolute Gasteiger partial charge is 0.394 e. The summed E-state index contributed by atoms with van der Waals surface area (Å²) >= 11 is 0. The first kappa shape index (κ1) is 15.1. The Morgan fingerprint density at radius 3 is 2.40 bits per heavy atom. The minimum Gasteiger partial charge on any atom is -0.394 e. The summed E-state index contributed by atoms with van der Waals surface area (Å²) in [6, 6.07) is 3.32. The molecule has 2 rings (SSSR count). The Morgan fingerprint density at radius 2 is 1.85 bits per heavy atom. The van der Waals surface area contributed by atoms with Crippen LogP contribution in [0.3, 0.4) is 0 Å². The lowest BCUT2D eigenvalue weighted by Crippen LogP contribution is -2.31. The molecule has 0 saturated carbocycles. The van der Waals surface area contributed by atoms with Crippen molar-refractivity contribution in [2.45, 2.75) is 31.5 Å². The number of nitrogens with two attached hydrogens (primary N) is 1. The molecule has 112 valence electrons. The molecule has 1 fully saturated rings. The Morgan fingerprint density at radius 1 is 1.20 bits per heavy atom. The molecule has 6 heteroatoms. The molecule has 0 bridgehead atoms. The zero-order chi connectivity index (χ0) is 14.8. The van der Waals surface area contributed by atoms with Crippen LogP contribution in [0.5, 0.6) is 0 Å². The van der Waals surface area contributed by atoms with Crippen LogP contribution in [0.4, 0.5) is 18.9 Å². The third kappa shape index (κ3) is 3.24. The Labute approximate surface area is 116 Å². The number of piperidine rings is 1. The molecule has 1 saturated heterocycles. The molecule has 1 heterocycles. The van der Waals surface area contributed by atoms with Gasteiger partial charge in [-0.25, -0.2) is 0 Å². The molecule has 1 aromatic rings. The van der Waals surface area contributed by atoms with E-state index in [4.69, 9.17) is 10.8 Å². The number of halogens is 3. The molecule has 0 amide bonds. The normalized spacial score (nSPS) is 18.1. The maximum absolute atomic E-state index is 13.2. The van der Waals surface area contributed by atoms with Gasteiger partial charge in [0.15, 0.2) is 0 Å². The van der Waals surface area contributed by atoms with Crippen LogP contribution < -0.4 is 10.6 Å². The second-order valence-electron chi connectivity index (χ2n) is 5.11. The van der Waals surface area contributed by atoms with Gasteiger partial charge in [0.05, 0.1) is 18.2 Å². The molecule has 20 heavy (non-hydrogen) atoms. The quantitative estimate of drug-likeness (QED) is 0.899. The molecule has 0 unspecified atom stereocenters. The van der Waals surface area contributed by atoms with Crippen molar-refractivity contribution in [1.29, 1.82) is 0 Å². The Balaban J connectivity index is 2.40. The largest absolute Gasteiger partial charge is 0.418 e. The van der Waals surface area contributed by atoms with E-state index >= 15 is 0 Å². The minimum absolute atomic E-state index is 0.214. The number of aliphatic hydroxyl groups is 1. The molecule has 0 spiro atoms. The van der Waals surface area contributed by atoms with Crippen molar-refractivity contribution in [3.8, 4) is 0 Å². The zero-order valence-corrected chi connectivity index (χ0v) is 11.2. The lowest BCUT2D eigenvalue weighted by atomic mass is 10.0. The van der Waals surface area contributed by atoms with Crippen molar-refractivity contribution >= 4 is 5.69 Å². The summed E-state index contributed by atoms with van der Waals surface area (Å²) in [6.45, 7) is 0.920. The summed E-state index contributed by atoms with van der Waals surface area (Å²) in [5.41, 5.74) is 5.46. The van der Waals surface area contributed by atoms with E-state index in [1.807, 2.05) is 0 Å². The Kier molecular flexibility index (Phi) is 4.55. The summed E-state index contributed by atoms with van der Waals surface area (Å²) in [5.74, 6) is 0. The summed E-state index contributed by atoms with van der Waals surface area (Å²) in [7, 11) is 0. The third-order valence-corrected chi connectivity index (χ3v) is 3.65. The van der Waals surface area contributed by atoms with Crippen molar-refractivity contribution in [3.63, 3.8) is 0 Å². The molecule has 1 atom stereocenters. The van der Waals surface area contributed by atoms with Gasteiger partial charge in [0.25, 0.3) is 0 Å². The first-order valence-corrected chi connectivity index (χ1v) is 6.76. The van der Waals surface area contributed by atoms with Crippen LogP contribution in [-0.4, -0.2) is 24.8 Å². The van der Waals surface area contributed by atoms with Crippen molar-refractivity contribution in [2.75, 3.05) is 24.6 Å². The van der Waals surface area contributed by atoms with Gasteiger partial charge >= 0.3 is 6.18 Å². The lowest BCUT2D eigenvalue weighted by Gasteiger charge is -2.31. The molecular formula is C14H19F3N2O. The summed E-state index contributed by atoms with van der Waals surface area (Å²) < 4.78 is 39.7. The second-order valence-corrected chi connectivity index (χ2v) is 5.11. The van der Waals surface area contributed by atoms with Gasteiger partial charge in [0.2, 0.25) is 0 Å². The fourth-order valence-corrected chi connectivity index (χ4v) is 2.53. The van der Waals surface area contributed by atoms with Gasteiger partial charge in [-0.05, 0) is 37.0 Å². The number of alkyl halides is 3. The van der Waals surface area contributed by atoms with Crippen molar-refractivity contribution in [3.05, 3.63) is 29.3 Å². The standard InChI is InChI=1S/C14H19F3N2O/c15-14(16,17)11-8-10(12(18)9-20)4-5-13(11)19-6-2-1-3-7-19/h4-5,8,12,20H,1-3,6-7,9,18H2/t12-/m1/s1. The van der Waals surface area contributed by atoms with E-state index in [-0.39, 0.29) is 12.3 Å². The average molecular weight is 288 g/mol. The zero-order valence-electron chi connectivity index (χ0n) is 11.2. The lowest BCUT2D eigenvalue weighted by molar-refractivity contribution is -0.137. The van der Waals surface area contributed by atoms with Gasteiger partial charge in [-0.15, -0.1) is 0 Å². The van der Waals surface area contributed by atoms with E-state index in [0.717, 1.165) is 25.3 Å². The van der Waals surface area contributed by atoms with Gasteiger partial charge < -0.3 is 15.7 Å². The highest BCUT2D eigenvalue weighted by Crippen LogP contribution is 2.38. The van der Waals surface area contributed by atoms with Crippen LogP contribution in [-0.2, 0) is 6.18 Å². The van der Waals surface area contributed by atoms with Crippen LogP contribution in [0.15, 0.2) is 18.2 Å². The minimum atomic E-state index is -4.42. The molecule has 0 aromatic heterocycles. The number of hydrogen-bond acceptors (Lipinski definition) is 3. The van der Waals surface area contributed by atoms with Gasteiger partial charge in [-0.1, -0.05) is 6.07 Å². The maximum atomic E-state index is 13.2. The Bertz CT molecular complexity index is 456. The van der Waals surface area contributed by atoms with E-state index in [9.17, 15) is 13.2 Å². The van der Waals surface area contributed by atoms with E-state index in [2.05, 4.69) is 0 Å². The monoisotopic (exact) mass is 288 g/mol. The Hall–Kier alpha value is -1.27. The molecule has 3 N–H and O–H groups in total. The van der Waals surface area contributed by atoms with Crippen LogP contribution in [0.2, 0.25) is 0 Å². The highest BCUT2D eigenvalue weighted by molar-refractivity contribution is 5.57. The number of nitrogens with zero attached hydrogens (tertiary/aromatic N) is 1. The number of aliphatic hydroxyl groups excluding tert-OH is 1. The van der Waals surface area contributed by atoms with Crippen molar-refractivity contribution in [2.24, 2.45) is 5.73 Å². The first-order chi connectivity index (χ1) is 9.43. The second kappa shape index (κ2) is 6.01. The van der Waals surface area contributed by atoms with Gasteiger partial charge in [-0.3, -0.25) is 0 Å². The van der Waals surface area contributed by atoms with Crippen LogP contribution in [0.1, 0.15) is 36.4 Å². The van der Waals surface area contributed by atoms with Gasteiger partial charge in [0.1, 0.15) is 0 Å². The van der Waals surface area contributed by atoms with E-state index in [0.29, 0.717) is 18.7 Å². The molecule has 1 aliphatic heterocycles. The SMILES string of the molecule is N[C@H](CO)c1ccc(N2CCCCC2)c(C(F)(F)F)c1. The van der Waals surface area contributed by atoms with E-state index < -0.39 is 17.8 Å². The van der Waals surface area contributed by atoms with Crippen molar-refractivity contribution < 1.29 is 18.3 Å².